The lowest BCUT2D eigenvalue weighted by atomic mass is 10.1. The maximum absolute atomic E-state index is 13.1. The average Bonchev–Trinajstić information content (AvgIpc) is 2.88. The van der Waals surface area contributed by atoms with Gasteiger partial charge in [-0.05, 0) is 71.2 Å². The molecule has 138 valence electrons. The molecular formula is C17H16BrFN2O4S. The Morgan fingerprint density at radius 3 is 2.73 bits per heavy atom. The molecule has 0 saturated carbocycles. The Kier molecular flexibility index (Phi) is 5.05. The molecule has 0 radical (unpaired) electrons. The van der Waals surface area contributed by atoms with Crippen LogP contribution in [0.1, 0.15) is 12.5 Å². The first-order chi connectivity index (χ1) is 12.2. The third-order valence-electron chi connectivity index (χ3n) is 4.11. The van der Waals surface area contributed by atoms with Crippen LogP contribution in [0.25, 0.3) is 0 Å². The van der Waals surface area contributed by atoms with Crippen LogP contribution in [0.5, 0.6) is 5.75 Å². The van der Waals surface area contributed by atoms with Gasteiger partial charge in [-0.1, -0.05) is 0 Å². The Hall–Kier alpha value is -1.97. The molecule has 1 aliphatic rings. The van der Waals surface area contributed by atoms with E-state index in [4.69, 9.17) is 9.88 Å². The Morgan fingerprint density at radius 2 is 2.08 bits per heavy atom. The third-order valence-corrected chi connectivity index (χ3v) is 5.64. The summed E-state index contributed by atoms with van der Waals surface area (Å²) in [6, 6.07) is 8.23. The highest BCUT2D eigenvalue weighted by Gasteiger charge is 2.32. The van der Waals surface area contributed by atoms with Crippen molar-refractivity contribution in [3.8, 4) is 5.75 Å². The number of nitrogens with two attached hydrogens (primary N) is 1. The molecule has 2 aromatic rings. The number of hydrogen-bond acceptors (Lipinski definition) is 4. The maximum atomic E-state index is 13.1. The molecule has 0 aromatic heterocycles. The van der Waals surface area contributed by atoms with Gasteiger partial charge in [0.15, 0.2) is 6.61 Å². The van der Waals surface area contributed by atoms with Crippen molar-refractivity contribution in [2.45, 2.75) is 24.3 Å². The van der Waals surface area contributed by atoms with E-state index in [1.165, 1.54) is 30.3 Å². The molecule has 1 atom stereocenters. The van der Waals surface area contributed by atoms with E-state index in [-0.39, 0.29) is 23.5 Å². The molecule has 0 aliphatic carbocycles. The topological polar surface area (TPSA) is 89.7 Å². The van der Waals surface area contributed by atoms with Gasteiger partial charge >= 0.3 is 0 Å². The first-order valence-corrected chi connectivity index (χ1v) is 10.1. The van der Waals surface area contributed by atoms with Crippen LogP contribution in [0.15, 0.2) is 45.8 Å². The lowest BCUT2D eigenvalue weighted by Gasteiger charge is -2.23. The zero-order valence-corrected chi connectivity index (χ0v) is 16.2. The van der Waals surface area contributed by atoms with Crippen molar-refractivity contribution in [1.82, 2.24) is 0 Å². The van der Waals surface area contributed by atoms with Crippen LogP contribution in [0.2, 0.25) is 0 Å². The molecule has 2 N–H and O–H groups in total. The summed E-state index contributed by atoms with van der Waals surface area (Å²) in [6.07, 6.45) is 0.519. The minimum Gasteiger partial charge on any atom is -0.483 e. The number of halogens is 2. The number of amides is 1. The van der Waals surface area contributed by atoms with E-state index in [9.17, 15) is 17.6 Å². The average molecular weight is 443 g/mol. The third kappa shape index (κ3) is 3.74. The summed E-state index contributed by atoms with van der Waals surface area (Å²) in [7, 11) is -3.80. The number of rotatable bonds is 4. The van der Waals surface area contributed by atoms with Crippen LogP contribution in [0.4, 0.5) is 10.1 Å². The normalized spacial score (nSPS) is 16.5. The molecule has 9 heteroatoms. The van der Waals surface area contributed by atoms with Crippen LogP contribution in [0, 0.1) is 5.82 Å². The number of primary sulfonamides is 1. The summed E-state index contributed by atoms with van der Waals surface area (Å²) < 4.78 is 42.0. The van der Waals surface area contributed by atoms with E-state index in [0.29, 0.717) is 22.3 Å². The summed E-state index contributed by atoms with van der Waals surface area (Å²) in [5, 5.41) is 5.16. The largest absolute Gasteiger partial charge is 0.483 e. The minimum absolute atomic E-state index is 0.0178. The zero-order chi connectivity index (χ0) is 19.1. The fourth-order valence-corrected chi connectivity index (χ4v) is 4.00. The number of nitrogens with zero attached hydrogens (tertiary/aromatic N) is 1. The van der Waals surface area contributed by atoms with Crippen molar-refractivity contribution in [3.63, 3.8) is 0 Å². The Labute approximate surface area is 158 Å². The lowest BCUT2D eigenvalue weighted by Crippen LogP contribution is -2.39. The van der Waals surface area contributed by atoms with Crippen LogP contribution in [-0.2, 0) is 21.2 Å². The quantitative estimate of drug-likeness (QED) is 0.787. The highest BCUT2D eigenvalue weighted by molar-refractivity contribution is 9.10. The number of carbonyl (C=O) groups is 1. The van der Waals surface area contributed by atoms with Crippen molar-refractivity contribution in [2.24, 2.45) is 5.14 Å². The van der Waals surface area contributed by atoms with E-state index in [1.54, 1.807) is 11.0 Å². The van der Waals surface area contributed by atoms with Crippen molar-refractivity contribution >= 4 is 37.5 Å². The highest BCUT2D eigenvalue weighted by atomic mass is 79.9. The van der Waals surface area contributed by atoms with Gasteiger partial charge in [0.25, 0.3) is 5.91 Å². The van der Waals surface area contributed by atoms with E-state index in [1.807, 2.05) is 6.92 Å². The van der Waals surface area contributed by atoms with Gasteiger partial charge in [-0.3, -0.25) is 4.79 Å². The van der Waals surface area contributed by atoms with Gasteiger partial charge in [-0.15, -0.1) is 0 Å². The Morgan fingerprint density at radius 1 is 1.35 bits per heavy atom. The second kappa shape index (κ2) is 6.98. The Balaban J connectivity index is 1.79. The number of fused-ring (bicyclic) bond motifs is 1. The van der Waals surface area contributed by atoms with Gasteiger partial charge in [-0.25, -0.2) is 17.9 Å². The number of anilines is 1. The van der Waals surface area contributed by atoms with E-state index < -0.39 is 15.8 Å². The summed E-state index contributed by atoms with van der Waals surface area (Å²) in [6.45, 7) is 1.63. The zero-order valence-electron chi connectivity index (χ0n) is 13.8. The first-order valence-electron chi connectivity index (χ1n) is 7.72. The van der Waals surface area contributed by atoms with Crippen LogP contribution in [0.3, 0.4) is 0 Å². The van der Waals surface area contributed by atoms with Gasteiger partial charge in [-0.2, -0.15) is 0 Å². The van der Waals surface area contributed by atoms with Gasteiger partial charge in [0, 0.05) is 11.7 Å². The van der Waals surface area contributed by atoms with Crippen molar-refractivity contribution in [2.75, 3.05) is 11.5 Å². The van der Waals surface area contributed by atoms with Crippen molar-refractivity contribution in [1.29, 1.82) is 0 Å². The number of carbonyl (C=O) groups excluding carboxylic acids is 1. The summed E-state index contributed by atoms with van der Waals surface area (Å²) in [4.78, 5) is 14.2. The SMILES string of the molecule is C[C@H]1Cc2cc(S(N)(=O)=O)ccc2N1C(=O)COc1ccc(F)cc1Br. The second-order valence-electron chi connectivity index (χ2n) is 6.02. The van der Waals surface area contributed by atoms with Gasteiger partial charge in [0.1, 0.15) is 11.6 Å². The number of ether oxygens (including phenoxy) is 1. The van der Waals surface area contributed by atoms with Crippen molar-refractivity contribution in [3.05, 3.63) is 52.3 Å². The fourth-order valence-electron chi connectivity index (χ4n) is 2.97. The lowest BCUT2D eigenvalue weighted by molar-refractivity contribution is -0.120. The fraction of sp³-hybridized carbons (Fsp3) is 0.235. The molecular weight excluding hydrogens is 427 g/mol. The van der Waals surface area contributed by atoms with E-state index in [2.05, 4.69) is 15.9 Å². The molecule has 2 aromatic carbocycles. The monoisotopic (exact) mass is 442 g/mol. The number of hydrogen-bond donors (Lipinski definition) is 1. The second-order valence-corrected chi connectivity index (χ2v) is 8.43. The predicted octanol–water partition coefficient (Wildman–Crippen LogP) is 2.59. The Bertz CT molecular complexity index is 981. The predicted molar refractivity (Wildman–Crippen MR) is 98.1 cm³/mol. The molecule has 1 aliphatic heterocycles. The van der Waals surface area contributed by atoms with Crippen LogP contribution in [-0.4, -0.2) is 27.0 Å². The molecule has 6 nitrogen and oxygen atoms in total. The standard InChI is InChI=1S/C17H16BrFN2O4S/c1-10-6-11-7-13(26(20,23)24)3-4-15(11)21(10)17(22)9-25-16-5-2-12(19)8-14(16)18/h2-5,7-8,10H,6,9H2,1H3,(H2,20,23,24)/t10-/m0/s1. The number of benzene rings is 2. The smallest absolute Gasteiger partial charge is 0.265 e. The highest BCUT2D eigenvalue weighted by Crippen LogP contribution is 2.34. The minimum atomic E-state index is -3.80. The van der Waals surface area contributed by atoms with Crippen molar-refractivity contribution < 1.29 is 22.3 Å². The van der Waals surface area contributed by atoms with Gasteiger partial charge < -0.3 is 9.64 Å². The maximum Gasteiger partial charge on any atom is 0.265 e. The summed E-state index contributed by atoms with van der Waals surface area (Å²) >= 11 is 3.19. The number of sulfonamides is 1. The molecule has 0 fully saturated rings. The first kappa shape index (κ1) is 18.8. The molecule has 0 saturated heterocycles. The molecule has 0 bridgehead atoms. The molecule has 26 heavy (non-hydrogen) atoms. The molecule has 0 unspecified atom stereocenters. The summed E-state index contributed by atoms with van der Waals surface area (Å²) in [5.74, 6) is -0.337. The van der Waals surface area contributed by atoms with Crippen LogP contribution < -0.4 is 14.8 Å². The van der Waals surface area contributed by atoms with Gasteiger partial charge in [0.2, 0.25) is 10.0 Å². The van der Waals surface area contributed by atoms with E-state index >= 15 is 0 Å². The molecule has 3 rings (SSSR count). The van der Waals surface area contributed by atoms with Crippen LogP contribution >= 0.6 is 15.9 Å². The van der Waals surface area contributed by atoms with E-state index in [0.717, 1.165) is 5.56 Å². The van der Waals surface area contributed by atoms with Gasteiger partial charge in [0.05, 0.1) is 9.37 Å². The molecule has 1 amide bonds. The molecule has 1 heterocycles. The molecule has 0 spiro atoms. The summed E-state index contributed by atoms with van der Waals surface area (Å²) in [5.41, 5.74) is 1.37.